The number of hydrogen-bond acceptors (Lipinski definition) is 4. The standard InChI is InChI=1S/C15H18Cl2N4O3/c1-9(2)18-13(22)15(24)21-5-3-20(4-6-21)14(23)10-7-11(16)19-12(17)8-10/h7-9H,3-6H2,1-2H3,(H,18,22). The molecule has 24 heavy (non-hydrogen) atoms. The van der Waals surface area contributed by atoms with Gasteiger partial charge in [-0.15, -0.1) is 0 Å². The molecular formula is C15H18Cl2N4O3. The summed E-state index contributed by atoms with van der Waals surface area (Å²) in [5.41, 5.74) is 0.345. The van der Waals surface area contributed by atoms with Crippen molar-refractivity contribution in [2.45, 2.75) is 19.9 Å². The van der Waals surface area contributed by atoms with Crippen LogP contribution in [-0.2, 0) is 9.59 Å². The van der Waals surface area contributed by atoms with E-state index in [0.29, 0.717) is 31.7 Å². The zero-order valence-electron chi connectivity index (χ0n) is 13.4. The van der Waals surface area contributed by atoms with Crippen LogP contribution in [0.15, 0.2) is 12.1 Å². The van der Waals surface area contributed by atoms with Crippen LogP contribution in [-0.4, -0.2) is 64.7 Å². The maximum absolute atomic E-state index is 12.5. The Labute approximate surface area is 149 Å². The molecule has 3 amide bonds. The molecule has 1 aromatic heterocycles. The fourth-order valence-electron chi connectivity index (χ4n) is 2.35. The van der Waals surface area contributed by atoms with Crippen LogP contribution < -0.4 is 5.32 Å². The molecule has 7 nitrogen and oxygen atoms in total. The van der Waals surface area contributed by atoms with Gasteiger partial charge in [-0.2, -0.15) is 0 Å². The third-order valence-electron chi connectivity index (χ3n) is 3.48. The lowest BCUT2D eigenvalue weighted by Crippen LogP contribution is -2.54. The fourth-order valence-corrected chi connectivity index (χ4v) is 2.81. The number of halogens is 2. The van der Waals surface area contributed by atoms with Gasteiger partial charge >= 0.3 is 11.8 Å². The minimum absolute atomic E-state index is 0.106. The van der Waals surface area contributed by atoms with Gasteiger partial charge in [-0.3, -0.25) is 14.4 Å². The molecule has 130 valence electrons. The SMILES string of the molecule is CC(C)NC(=O)C(=O)N1CCN(C(=O)c2cc(Cl)nc(Cl)c2)CC1. The van der Waals surface area contributed by atoms with Crippen molar-refractivity contribution in [3.63, 3.8) is 0 Å². The van der Waals surface area contributed by atoms with Crippen LogP contribution in [0.5, 0.6) is 0 Å². The molecule has 1 aromatic rings. The summed E-state index contributed by atoms with van der Waals surface area (Å²) >= 11 is 11.6. The predicted molar refractivity (Wildman–Crippen MR) is 90.0 cm³/mol. The van der Waals surface area contributed by atoms with Crippen LogP contribution in [0.1, 0.15) is 24.2 Å². The largest absolute Gasteiger partial charge is 0.346 e. The highest BCUT2D eigenvalue weighted by molar-refractivity contribution is 6.35. The van der Waals surface area contributed by atoms with Crippen molar-refractivity contribution < 1.29 is 14.4 Å². The van der Waals surface area contributed by atoms with E-state index in [2.05, 4.69) is 10.3 Å². The van der Waals surface area contributed by atoms with E-state index in [1.54, 1.807) is 18.7 Å². The second-order valence-corrected chi connectivity index (χ2v) is 6.49. The molecule has 9 heteroatoms. The van der Waals surface area contributed by atoms with Gasteiger partial charge in [0.25, 0.3) is 5.91 Å². The van der Waals surface area contributed by atoms with Gasteiger partial charge in [0.15, 0.2) is 0 Å². The third-order valence-corrected chi connectivity index (χ3v) is 3.87. The molecule has 1 fully saturated rings. The monoisotopic (exact) mass is 372 g/mol. The maximum Gasteiger partial charge on any atom is 0.312 e. The molecule has 1 aliphatic heterocycles. The lowest BCUT2D eigenvalue weighted by Gasteiger charge is -2.34. The summed E-state index contributed by atoms with van der Waals surface area (Å²) in [6, 6.07) is 2.79. The smallest absolute Gasteiger partial charge is 0.312 e. The molecule has 2 heterocycles. The molecule has 1 N–H and O–H groups in total. The minimum Gasteiger partial charge on any atom is -0.346 e. The summed E-state index contributed by atoms with van der Waals surface area (Å²) < 4.78 is 0. The van der Waals surface area contributed by atoms with Crippen LogP contribution in [0.3, 0.4) is 0 Å². The van der Waals surface area contributed by atoms with Gasteiger partial charge in [-0.1, -0.05) is 23.2 Å². The maximum atomic E-state index is 12.5. The van der Waals surface area contributed by atoms with Crippen molar-refractivity contribution >= 4 is 40.9 Å². The Morgan fingerprint density at radius 3 is 2.04 bits per heavy atom. The number of carbonyl (C=O) groups is 3. The quantitative estimate of drug-likeness (QED) is 0.624. The zero-order chi connectivity index (χ0) is 17.9. The van der Waals surface area contributed by atoms with Crippen molar-refractivity contribution in [1.82, 2.24) is 20.1 Å². The van der Waals surface area contributed by atoms with Crippen molar-refractivity contribution in [2.75, 3.05) is 26.2 Å². The van der Waals surface area contributed by atoms with Crippen LogP contribution in [0.2, 0.25) is 10.3 Å². The van der Waals surface area contributed by atoms with Gasteiger partial charge in [0.2, 0.25) is 0 Å². The Hall–Kier alpha value is -1.86. The molecule has 0 radical (unpaired) electrons. The van der Waals surface area contributed by atoms with E-state index in [-0.39, 0.29) is 22.3 Å². The van der Waals surface area contributed by atoms with E-state index >= 15 is 0 Å². The van der Waals surface area contributed by atoms with E-state index in [9.17, 15) is 14.4 Å². The lowest BCUT2D eigenvalue weighted by atomic mass is 10.2. The normalized spacial score (nSPS) is 14.7. The van der Waals surface area contributed by atoms with Gasteiger partial charge in [0.1, 0.15) is 10.3 Å². The van der Waals surface area contributed by atoms with Crippen LogP contribution >= 0.6 is 23.2 Å². The molecule has 0 saturated carbocycles. The van der Waals surface area contributed by atoms with Gasteiger partial charge < -0.3 is 15.1 Å². The predicted octanol–water partition coefficient (Wildman–Crippen LogP) is 1.20. The Bertz CT molecular complexity index is 638. The van der Waals surface area contributed by atoms with E-state index in [1.165, 1.54) is 17.0 Å². The van der Waals surface area contributed by atoms with Crippen molar-refractivity contribution in [3.05, 3.63) is 28.0 Å². The highest BCUT2D eigenvalue weighted by Crippen LogP contribution is 2.17. The van der Waals surface area contributed by atoms with Crippen molar-refractivity contribution in [3.8, 4) is 0 Å². The molecule has 0 bridgehead atoms. The second-order valence-electron chi connectivity index (χ2n) is 5.71. The number of amides is 3. The van der Waals surface area contributed by atoms with Crippen LogP contribution in [0, 0.1) is 0 Å². The van der Waals surface area contributed by atoms with Gasteiger partial charge in [-0.05, 0) is 26.0 Å². The van der Waals surface area contributed by atoms with Crippen molar-refractivity contribution in [1.29, 1.82) is 0 Å². The van der Waals surface area contributed by atoms with Gasteiger partial charge in [0.05, 0.1) is 0 Å². The van der Waals surface area contributed by atoms with E-state index < -0.39 is 11.8 Å². The number of rotatable bonds is 2. The molecule has 2 rings (SSSR count). The Morgan fingerprint density at radius 2 is 1.54 bits per heavy atom. The average Bonchev–Trinajstić information content (AvgIpc) is 2.52. The Balaban J connectivity index is 1.96. The first-order valence-electron chi connectivity index (χ1n) is 7.50. The number of hydrogen-bond donors (Lipinski definition) is 1. The van der Waals surface area contributed by atoms with Crippen LogP contribution in [0.4, 0.5) is 0 Å². The first kappa shape index (κ1) is 18.5. The summed E-state index contributed by atoms with van der Waals surface area (Å²) in [4.78, 5) is 43.1. The number of nitrogens with one attached hydrogen (secondary N) is 1. The first-order valence-corrected chi connectivity index (χ1v) is 8.25. The molecule has 0 unspecified atom stereocenters. The molecule has 1 aliphatic rings. The molecular weight excluding hydrogens is 355 g/mol. The number of carbonyl (C=O) groups excluding carboxylic acids is 3. The molecule has 1 saturated heterocycles. The third kappa shape index (κ3) is 4.58. The number of aromatic nitrogens is 1. The summed E-state index contributed by atoms with van der Waals surface area (Å²) in [5, 5.41) is 2.85. The summed E-state index contributed by atoms with van der Waals surface area (Å²) in [7, 11) is 0. The highest BCUT2D eigenvalue weighted by atomic mass is 35.5. The summed E-state index contributed by atoms with van der Waals surface area (Å²) in [6.45, 7) is 4.82. The van der Waals surface area contributed by atoms with Crippen LogP contribution in [0.25, 0.3) is 0 Å². The first-order chi connectivity index (χ1) is 11.3. The molecule has 0 spiro atoms. The zero-order valence-corrected chi connectivity index (χ0v) is 14.9. The summed E-state index contributed by atoms with van der Waals surface area (Å²) in [5.74, 6) is -1.44. The number of pyridine rings is 1. The van der Waals surface area contributed by atoms with E-state index in [1.807, 2.05) is 0 Å². The van der Waals surface area contributed by atoms with Gasteiger partial charge in [-0.25, -0.2) is 4.98 Å². The van der Waals surface area contributed by atoms with Crippen molar-refractivity contribution in [2.24, 2.45) is 0 Å². The topological polar surface area (TPSA) is 82.6 Å². The van der Waals surface area contributed by atoms with E-state index in [4.69, 9.17) is 23.2 Å². The highest BCUT2D eigenvalue weighted by Gasteiger charge is 2.28. The molecule has 0 aromatic carbocycles. The average molecular weight is 373 g/mol. The number of piperazine rings is 1. The van der Waals surface area contributed by atoms with E-state index in [0.717, 1.165) is 0 Å². The minimum atomic E-state index is -0.627. The Kier molecular flexibility index (Phi) is 6.01. The second kappa shape index (κ2) is 7.81. The number of nitrogens with zero attached hydrogens (tertiary/aromatic N) is 3. The van der Waals surface area contributed by atoms with Gasteiger partial charge in [0, 0.05) is 37.8 Å². The Morgan fingerprint density at radius 1 is 1.04 bits per heavy atom. The fraction of sp³-hybridized carbons (Fsp3) is 0.467. The molecule has 0 atom stereocenters. The summed E-state index contributed by atoms with van der Waals surface area (Å²) in [6.07, 6.45) is 0. The molecule has 0 aliphatic carbocycles. The lowest BCUT2D eigenvalue weighted by molar-refractivity contribution is -0.147.